The molecule has 0 fully saturated rings. The van der Waals surface area contributed by atoms with Crippen molar-refractivity contribution in [1.82, 2.24) is 4.57 Å². The number of rotatable bonds is 8. The summed E-state index contributed by atoms with van der Waals surface area (Å²) in [7, 11) is -1.73. The van der Waals surface area contributed by atoms with Crippen molar-refractivity contribution in [2.45, 2.75) is 24.8 Å². The van der Waals surface area contributed by atoms with Gasteiger partial charge >= 0.3 is 0 Å². The van der Waals surface area contributed by atoms with Gasteiger partial charge in [-0.15, -0.1) is 0 Å². The molecule has 1 amide bonds. The van der Waals surface area contributed by atoms with E-state index in [1.807, 2.05) is 23.6 Å². The van der Waals surface area contributed by atoms with Gasteiger partial charge in [0.05, 0.1) is 35.2 Å². The Balaban J connectivity index is 1.98. The Morgan fingerprint density at radius 3 is 2.53 bits per heavy atom. The first-order valence-electron chi connectivity index (χ1n) is 9.43. The number of fused-ring (bicyclic) bond motifs is 1. The van der Waals surface area contributed by atoms with Crippen LogP contribution in [0.2, 0.25) is 0 Å². The van der Waals surface area contributed by atoms with Gasteiger partial charge in [0.1, 0.15) is 5.75 Å². The Hall–Kier alpha value is -2.49. The first-order chi connectivity index (χ1) is 14.3. The van der Waals surface area contributed by atoms with Crippen LogP contribution >= 0.6 is 11.3 Å². The van der Waals surface area contributed by atoms with Crippen LogP contribution in [-0.2, 0) is 32.3 Å². The summed E-state index contributed by atoms with van der Waals surface area (Å²) in [6, 6.07) is 12.2. The van der Waals surface area contributed by atoms with E-state index in [0.717, 1.165) is 21.5 Å². The Labute approximate surface area is 179 Å². The lowest BCUT2D eigenvalue weighted by Crippen LogP contribution is -2.20. The summed E-state index contributed by atoms with van der Waals surface area (Å²) in [5, 5.41) is 0. The molecular weight excluding hydrogens is 424 g/mol. The van der Waals surface area contributed by atoms with Crippen LogP contribution in [-0.4, -0.2) is 45.5 Å². The molecule has 7 nitrogen and oxygen atoms in total. The van der Waals surface area contributed by atoms with E-state index in [0.29, 0.717) is 24.6 Å². The van der Waals surface area contributed by atoms with Gasteiger partial charge in [0.25, 0.3) is 5.91 Å². The molecule has 2 aromatic carbocycles. The van der Waals surface area contributed by atoms with Crippen molar-refractivity contribution in [2.24, 2.45) is 4.99 Å². The quantitative estimate of drug-likeness (QED) is 0.495. The zero-order valence-electron chi connectivity index (χ0n) is 17.1. The number of methoxy groups -OCH3 is 1. The van der Waals surface area contributed by atoms with Crippen LogP contribution in [0, 0.1) is 0 Å². The van der Waals surface area contributed by atoms with Crippen LogP contribution in [0.3, 0.4) is 0 Å². The van der Waals surface area contributed by atoms with Crippen LogP contribution in [0.15, 0.2) is 52.4 Å². The molecular formula is C21H24N2O5S2. The SMILES string of the molecule is CCOCCn1c(=NC(=O)Cc2ccc(OC)cc2)sc2cc(S(C)(=O)=O)ccc21. The topological polar surface area (TPSA) is 87.0 Å². The highest BCUT2D eigenvalue weighted by Crippen LogP contribution is 2.22. The molecule has 3 aromatic rings. The first kappa shape index (κ1) is 22.2. The van der Waals surface area contributed by atoms with Gasteiger partial charge in [-0.3, -0.25) is 4.79 Å². The predicted molar refractivity (Wildman–Crippen MR) is 117 cm³/mol. The Bertz CT molecular complexity index is 1210. The molecule has 0 aliphatic heterocycles. The third kappa shape index (κ3) is 5.35. The summed E-state index contributed by atoms with van der Waals surface area (Å²) >= 11 is 1.29. The van der Waals surface area contributed by atoms with Gasteiger partial charge in [-0.1, -0.05) is 23.5 Å². The van der Waals surface area contributed by atoms with Gasteiger partial charge < -0.3 is 14.0 Å². The molecule has 0 radical (unpaired) electrons. The average molecular weight is 449 g/mol. The van der Waals surface area contributed by atoms with Crippen LogP contribution in [0.1, 0.15) is 12.5 Å². The maximum Gasteiger partial charge on any atom is 0.252 e. The normalized spacial score (nSPS) is 12.4. The highest BCUT2D eigenvalue weighted by molar-refractivity contribution is 7.90. The molecule has 0 N–H and O–H groups in total. The molecule has 0 aliphatic rings. The third-order valence-corrected chi connectivity index (χ3v) is 6.63. The average Bonchev–Trinajstić information content (AvgIpc) is 3.04. The fraction of sp³-hybridized carbons (Fsp3) is 0.333. The van der Waals surface area contributed by atoms with Crippen molar-refractivity contribution < 1.29 is 22.7 Å². The second-order valence-electron chi connectivity index (χ2n) is 6.67. The highest BCUT2D eigenvalue weighted by atomic mass is 32.2. The summed E-state index contributed by atoms with van der Waals surface area (Å²) in [5.74, 6) is 0.448. The molecule has 1 heterocycles. The monoisotopic (exact) mass is 448 g/mol. The van der Waals surface area contributed by atoms with Crippen LogP contribution in [0.25, 0.3) is 10.2 Å². The molecule has 0 aliphatic carbocycles. The van der Waals surface area contributed by atoms with Crippen molar-refractivity contribution in [3.8, 4) is 5.75 Å². The Kier molecular flexibility index (Phi) is 7.06. The number of nitrogens with zero attached hydrogens (tertiary/aromatic N) is 2. The van der Waals surface area contributed by atoms with E-state index < -0.39 is 9.84 Å². The van der Waals surface area contributed by atoms with E-state index in [-0.39, 0.29) is 17.2 Å². The zero-order chi connectivity index (χ0) is 21.7. The number of ether oxygens (including phenoxy) is 2. The molecule has 1 aromatic heterocycles. The lowest BCUT2D eigenvalue weighted by molar-refractivity contribution is -0.117. The van der Waals surface area contributed by atoms with Crippen molar-refractivity contribution in [1.29, 1.82) is 0 Å². The van der Waals surface area contributed by atoms with Gasteiger partial charge in [0.2, 0.25) is 0 Å². The lowest BCUT2D eigenvalue weighted by Gasteiger charge is -2.06. The second kappa shape index (κ2) is 9.55. The van der Waals surface area contributed by atoms with E-state index in [9.17, 15) is 13.2 Å². The summed E-state index contributed by atoms with van der Waals surface area (Å²) in [4.78, 5) is 17.7. The maximum atomic E-state index is 12.6. The first-order valence-corrected chi connectivity index (χ1v) is 12.1. The number of carbonyl (C=O) groups excluding carboxylic acids is 1. The van der Waals surface area contributed by atoms with Gasteiger partial charge in [-0.25, -0.2) is 8.42 Å². The number of sulfone groups is 1. The summed E-state index contributed by atoms with van der Waals surface area (Å²) < 4.78 is 37.0. The maximum absolute atomic E-state index is 12.6. The predicted octanol–water partition coefficient (Wildman–Crippen LogP) is 2.82. The van der Waals surface area contributed by atoms with Gasteiger partial charge in [-0.2, -0.15) is 4.99 Å². The van der Waals surface area contributed by atoms with Crippen molar-refractivity contribution in [2.75, 3.05) is 26.6 Å². The fourth-order valence-corrected chi connectivity index (χ4v) is 4.78. The standard InChI is InChI=1S/C21H24N2O5S2/c1-4-28-12-11-23-18-10-9-17(30(3,25)26)14-19(18)29-21(23)22-20(24)13-15-5-7-16(27-2)8-6-15/h5-10,14H,4,11-13H2,1-3H3. The van der Waals surface area contributed by atoms with E-state index in [1.165, 1.54) is 17.6 Å². The molecule has 160 valence electrons. The van der Waals surface area contributed by atoms with Crippen LogP contribution in [0.5, 0.6) is 5.75 Å². The lowest BCUT2D eigenvalue weighted by atomic mass is 10.1. The van der Waals surface area contributed by atoms with E-state index in [4.69, 9.17) is 9.47 Å². The molecule has 9 heteroatoms. The molecule has 0 unspecified atom stereocenters. The van der Waals surface area contributed by atoms with Crippen molar-refractivity contribution >= 4 is 37.3 Å². The Morgan fingerprint density at radius 2 is 1.90 bits per heavy atom. The zero-order valence-corrected chi connectivity index (χ0v) is 18.8. The van der Waals surface area contributed by atoms with E-state index in [1.54, 1.807) is 37.4 Å². The summed E-state index contributed by atoms with van der Waals surface area (Å²) in [6.07, 6.45) is 1.34. The van der Waals surface area contributed by atoms with Crippen molar-refractivity contribution in [3.63, 3.8) is 0 Å². The number of hydrogen-bond donors (Lipinski definition) is 0. The molecule has 0 saturated heterocycles. The highest BCUT2D eigenvalue weighted by Gasteiger charge is 2.13. The summed E-state index contributed by atoms with van der Waals surface area (Å²) in [5.41, 5.74) is 1.66. The fourth-order valence-electron chi connectivity index (χ4n) is 2.95. The number of thiazole rings is 1. The van der Waals surface area contributed by atoms with Gasteiger partial charge in [-0.05, 0) is 42.8 Å². The number of benzene rings is 2. The summed E-state index contributed by atoms with van der Waals surface area (Å²) in [6.45, 7) is 3.49. The minimum Gasteiger partial charge on any atom is -0.497 e. The van der Waals surface area contributed by atoms with Crippen LogP contribution in [0.4, 0.5) is 0 Å². The number of aromatic nitrogens is 1. The number of amides is 1. The molecule has 30 heavy (non-hydrogen) atoms. The second-order valence-corrected chi connectivity index (χ2v) is 9.69. The third-order valence-electron chi connectivity index (χ3n) is 4.48. The molecule has 3 rings (SSSR count). The van der Waals surface area contributed by atoms with Crippen molar-refractivity contribution in [3.05, 3.63) is 52.8 Å². The minimum atomic E-state index is -3.32. The number of hydrogen-bond acceptors (Lipinski definition) is 6. The molecule has 0 atom stereocenters. The van der Waals surface area contributed by atoms with Gasteiger partial charge in [0, 0.05) is 19.4 Å². The molecule has 0 spiro atoms. The smallest absolute Gasteiger partial charge is 0.252 e. The largest absolute Gasteiger partial charge is 0.497 e. The number of carbonyl (C=O) groups is 1. The molecule has 0 bridgehead atoms. The van der Waals surface area contributed by atoms with Crippen LogP contribution < -0.4 is 9.54 Å². The molecule has 0 saturated carbocycles. The Morgan fingerprint density at radius 1 is 1.17 bits per heavy atom. The minimum absolute atomic E-state index is 0.165. The van der Waals surface area contributed by atoms with E-state index >= 15 is 0 Å². The van der Waals surface area contributed by atoms with E-state index in [2.05, 4.69) is 4.99 Å². The van der Waals surface area contributed by atoms with Gasteiger partial charge in [0.15, 0.2) is 14.6 Å².